The lowest BCUT2D eigenvalue weighted by Crippen LogP contribution is -2.15. The van der Waals surface area contributed by atoms with Crippen LogP contribution in [-0.4, -0.2) is 20.7 Å². The fourth-order valence-electron chi connectivity index (χ4n) is 1.25. The van der Waals surface area contributed by atoms with E-state index in [2.05, 4.69) is 31.3 Å². The molecule has 1 aromatic carbocycles. The third-order valence-electron chi connectivity index (χ3n) is 2.20. The maximum absolute atomic E-state index is 11.9. The first-order valence-corrected chi connectivity index (χ1v) is 5.57. The van der Waals surface area contributed by atoms with Crippen LogP contribution >= 0.6 is 15.9 Å². The normalized spacial score (nSPS) is 10.2. The summed E-state index contributed by atoms with van der Waals surface area (Å²) in [4.78, 5) is 15.8. The van der Waals surface area contributed by atoms with Gasteiger partial charge in [-0.3, -0.25) is 10.1 Å². The van der Waals surface area contributed by atoms with Crippen LogP contribution in [0.25, 0.3) is 0 Å². The molecular weight excluding hydrogens is 286 g/mol. The number of amides is 1. The van der Waals surface area contributed by atoms with Gasteiger partial charge in [0.1, 0.15) is 6.33 Å². The van der Waals surface area contributed by atoms with Crippen LogP contribution in [0.1, 0.15) is 10.4 Å². The number of halogens is 1. The topological polar surface area (TPSA) is 85.8 Å². The SMILES string of the molecule is Cn1ncnc1NC(=O)c1ccc(N)c(Br)c1. The van der Waals surface area contributed by atoms with Gasteiger partial charge in [-0.1, -0.05) is 0 Å². The Labute approximate surface area is 106 Å². The van der Waals surface area contributed by atoms with Crippen molar-refractivity contribution in [3.05, 3.63) is 34.6 Å². The van der Waals surface area contributed by atoms with Gasteiger partial charge >= 0.3 is 0 Å². The van der Waals surface area contributed by atoms with Gasteiger partial charge in [-0.05, 0) is 34.1 Å². The average Bonchev–Trinajstić information content (AvgIpc) is 2.68. The van der Waals surface area contributed by atoms with Crippen molar-refractivity contribution in [1.29, 1.82) is 0 Å². The van der Waals surface area contributed by atoms with Crippen molar-refractivity contribution in [3.63, 3.8) is 0 Å². The molecule has 2 rings (SSSR count). The Hall–Kier alpha value is -1.89. The van der Waals surface area contributed by atoms with Crippen LogP contribution in [0.3, 0.4) is 0 Å². The summed E-state index contributed by atoms with van der Waals surface area (Å²) >= 11 is 3.27. The molecular formula is C10H10BrN5O. The number of benzene rings is 1. The second kappa shape index (κ2) is 4.54. The van der Waals surface area contributed by atoms with E-state index in [1.54, 1.807) is 25.2 Å². The van der Waals surface area contributed by atoms with Crippen molar-refractivity contribution in [2.75, 3.05) is 11.1 Å². The number of anilines is 2. The molecule has 0 bridgehead atoms. The number of rotatable bonds is 2. The smallest absolute Gasteiger partial charge is 0.258 e. The standard InChI is InChI=1S/C10H10BrN5O/c1-16-10(13-5-14-16)15-9(17)6-2-3-8(12)7(11)4-6/h2-5H,12H2,1H3,(H,13,14,15,17). The van der Waals surface area contributed by atoms with Gasteiger partial charge in [-0.25, -0.2) is 4.68 Å². The van der Waals surface area contributed by atoms with Crippen molar-refractivity contribution in [2.45, 2.75) is 0 Å². The van der Waals surface area contributed by atoms with Gasteiger partial charge in [0.05, 0.1) is 0 Å². The zero-order valence-corrected chi connectivity index (χ0v) is 10.6. The van der Waals surface area contributed by atoms with Crippen LogP contribution in [0.2, 0.25) is 0 Å². The molecule has 0 aliphatic carbocycles. The molecule has 1 aromatic heterocycles. The highest BCUT2D eigenvalue weighted by Crippen LogP contribution is 2.20. The molecule has 0 spiro atoms. The summed E-state index contributed by atoms with van der Waals surface area (Å²) in [6.45, 7) is 0. The first-order valence-electron chi connectivity index (χ1n) is 4.78. The van der Waals surface area contributed by atoms with E-state index in [0.717, 1.165) is 0 Å². The Morgan fingerprint density at radius 2 is 2.29 bits per heavy atom. The molecule has 0 unspecified atom stereocenters. The van der Waals surface area contributed by atoms with E-state index in [0.29, 0.717) is 21.7 Å². The molecule has 6 nitrogen and oxygen atoms in total. The van der Waals surface area contributed by atoms with Crippen LogP contribution in [0.4, 0.5) is 11.6 Å². The number of carbonyl (C=O) groups excluding carboxylic acids is 1. The molecule has 0 atom stereocenters. The van der Waals surface area contributed by atoms with Gasteiger partial charge < -0.3 is 5.73 Å². The van der Waals surface area contributed by atoms with Gasteiger partial charge in [0.15, 0.2) is 0 Å². The number of aryl methyl sites for hydroxylation is 1. The molecule has 1 heterocycles. The van der Waals surface area contributed by atoms with E-state index in [-0.39, 0.29) is 5.91 Å². The zero-order chi connectivity index (χ0) is 12.4. The summed E-state index contributed by atoms with van der Waals surface area (Å²) in [6, 6.07) is 4.96. The maximum Gasteiger partial charge on any atom is 0.258 e. The summed E-state index contributed by atoms with van der Waals surface area (Å²) in [7, 11) is 1.70. The number of nitrogens with two attached hydrogens (primary N) is 1. The minimum atomic E-state index is -0.262. The first-order chi connectivity index (χ1) is 8.08. The van der Waals surface area contributed by atoms with E-state index in [1.807, 2.05) is 0 Å². The number of hydrogen-bond acceptors (Lipinski definition) is 4. The molecule has 0 saturated heterocycles. The van der Waals surface area contributed by atoms with Gasteiger partial charge in [0, 0.05) is 22.8 Å². The van der Waals surface area contributed by atoms with Crippen LogP contribution in [-0.2, 0) is 7.05 Å². The molecule has 0 radical (unpaired) electrons. The monoisotopic (exact) mass is 295 g/mol. The van der Waals surface area contributed by atoms with Gasteiger partial charge in [0.2, 0.25) is 5.95 Å². The summed E-state index contributed by atoms with van der Waals surface area (Å²) in [5.41, 5.74) is 6.72. The fraction of sp³-hybridized carbons (Fsp3) is 0.100. The largest absolute Gasteiger partial charge is 0.398 e. The molecule has 0 aliphatic rings. The number of aromatic nitrogens is 3. The van der Waals surface area contributed by atoms with E-state index in [9.17, 15) is 4.79 Å². The van der Waals surface area contributed by atoms with Crippen molar-refractivity contribution in [1.82, 2.24) is 14.8 Å². The number of nitrogens with one attached hydrogen (secondary N) is 1. The van der Waals surface area contributed by atoms with Crippen LogP contribution in [0.5, 0.6) is 0 Å². The predicted octanol–water partition coefficient (Wildman–Crippen LogP) is 1.41. The van der Waals surface area contributed by atoms with Crippen molar-refractivity contribution in [3.8, 4) is 0 Å². The number of carbonyl (C=O) groups is 1. The molecule has 7 heteroatoms. The summed E-state index contributed by atoms with van der Waals surface area (Å²) in [6.07, 6.45) is 1.37. The lowest BCUT2D eigenvalue weighted by atomic mass is 10.2. The molecule has 17 heavy (non-hydrogen) atoms. The Balaban J connectivity index is 2.20. The molecule has 0 saturated carbocycles. The highest BCUT2D eigenvalue weighted by Gasteiger charge is 2.10. The van der Waals surface area contributed by atoms with Crippen LogP contribution in [0.15, 0.2) is 29.0 Å². The highest BCUT2D eigenvalue weighted by atomic mass is 79.9. The van der Waals surface area contributed by atoms with Crippen molar-refractivity contribution < 1.29 is 4.79 Å². The predicted molar refractivity (Wildman–Crippen MR) is 67.5 cm³/mol. The highest BCUT2D eigenvalue weighted by molar-refractivity contribution is 9.10. The minimum absolute atomic E-state index is 0.262. The number of hydrogen-bond donors (Lipinski definition) is 2. The van der Waals surface area contributed by atoms with Crippen molar-refractivity contribution >= 4 is 33.5 Å². The third-order valence-corrected chi connectivity index (χ3v) is 2.89. The molecule has 88 valence electrons. The molecule has 3 N–H and O–H groups in total. The van der Waals surface area contributed by atoms with E-state index in [1.165, 1.54) is 11.0 Å². The van der Waals surface area contributed by atoms with Gasteiger partial charge in [0.25, 0.3) is 5.91 Å². The summed E-state index contributed by atoms with van der Waals surface area (Å²) in [5.74, 6) is 0.129. The molecule has 0 fully saturated rings. The summed E-state index contributed by atoms with van der Waals surface area (Å²) < 4.78 is 2.16. The minimum Gasteiger partial charge on any atom is -0.398 e. The van der Waals surface area contributed by atoms with Crippen LogP contribution < -0.4 is 11.1 Å². The Kier molecular flexibility index (Phi) is 3.10. The fourth-order valence-corrected chi connectivity index (χ4v) is 1.63. The maximum atomic E-state index is 11.9. The Bertz CT molecular complexity index is 566. The molecule has 0 aliphatic heterocycles. The molecule has 2 aromatic rings. The van der Waals surface area contributed by atoms with Crippen molar-refractivity contribution in [2.24, 2.45) is 7.05 Å². The quantitative estimate of drug-likeness (QED) is 0.820. The Morgan fingerprint density at radius 1 is 1.53 bits per heavy atom. The second-order valence-corrected chi connectivity index (χ2v) is 4.25. The van der Waals surface area contributed by atoms with Gasteiger partial charge in [-0.2, -0.15) is 10.1 Å². The number of nitrogens with zero attached hydrogens (tertiary/aromatic N) is 3. The van der Waals surface area contributed by atoms with E-state index < -0.39 is 0 Å². The summed E-state index contributed by atoms with van der Waals surface area (Å²) in [5, 5.41) is 6.50. The van der Waals surface area contributed by atoms with E-state index in [4.69, 9.17) is 5.73 Å². The van der Waals surface area contributed by atoms with Crippen LogP contribution in [0, 0.1) is 0 Å². The zero-order valence-electron chi connectivity index (χ0n) is 9.01. The first kappa shape index (κ1) is 11.6. The average molecular weight is 296 g/mol. The van der Waals surface area contributed by atoms with E-state index >= 15 is 0 Å². The molecule has 1 amide bonds. The second-order valence-electron chi connectivity index (χ2n) is 3.40. The number of nitrogen functional groups attached to an aromatic ring is 1. The van der Waals surface area contributed by atoms with Gasteiger partial charge in [-0.15, -0.1) is 0 Å². The lowest BCUT2D eigenvalue weighted by Gasteiger charge is -2.05. The third kappa shape index (κ3) is 2.44. The lowest BCUT2D eigenvalue weighted by molar-refractivity contribution is 0.102. The Morgan fingerprint density at radius 3 is 2.88 bits per heavy atom.